The number of carboxylic acids is 1. The van der Waals surface area contributed by atoms with Crippen LogP contribution in [-0.4, -0.2) is 53.2 Å². The number of hydrogen-bond acceptors (Lipinski definition) is 4. The molecule has 2 aromatic carbocycles. The molecule has 0 spiro atoms. The van der Waals surface area contributed by atoms with Crippen molar-refractivity contribution in [3.63, 3.8) is 0 Å². The van der Waals surface area contributed by atoms with Crippen LogP contribution in [-0.2, 0) is 14.3 Å². The van der Waals surface area contributed by atoms with Crippen molar-refractivity contribution in [3.05, 3.63) is 59.7 Å². The van der Waals surface area contributed by atoms with Gasteiger partial charge in [-0.25, -0.2) is 4.79 Å². The molecule has 184 valence electrons. The predicted octanol–water partition coefficient (Wildman–Crippen LogP) is 4.26. The molecule has 2 fully saturated rings. The van der Waals surface area contributed by atoms with Crippen LogP contribution in [0.2, 0.25) is 0 Å². The van der Waals surface area contributed by atoms with E-state index in [4.69, 9.17) is 4.74 Å². The van der Waals surface area contributed by atoms with E-state index in [2.05, 4.69) is 29.6 Å². The lowest BCUT2D eigenvalue weighted by Crippen LogP contribution is -2.59. The summed E-state index contributed by atoms with van der Waals surface area (Å²) >= 11 is 0. The Morgan fingerprint density at radius 2 is 1.69 bits per heavy atom. The quantitative estimate of drug-likeness (QED) is 0.622. The molecule has 0 bridgehead atoms. The van der Waals surface area contributed by atoms with Crippen LogP contribution in [0.15, 0.2) is 48.5 Å². The Hall–Kier alpha value is -3.35. The first-order valence-corrected chi connectivity index (χ1v) is 12.5. The van der Waals surface area contributed by atoms with Crippen molar-refractivity contribution in [1.29, 1.82) is 0 Å². The van der Waals surface area contributed by atoms with E-state index in [1.54, 1.807) is 11.8 Å². The largest absolute Gasteiger partial charge is 0.481 e. The van der Waals surface area contributed by atoms with E-state index >= 15 is 0 Å². The molecule has 2 unspecified atom stereocenters. The first-order valence-electron chi connectivity index (χ1n) is 12.5. The fourth-order valence-corrected chi connectivity index (χ4v) is 6.22. The van der Waals surface area contributed by atoms with Crippen LogP contribution < -0.4 is 5.32 Å². The highest BCUT2D eigenvalue weighted by atomic mass is 16.5. The minimum Gasteiger partial charge on any atom is -0.481 e. The Balaban J connectivity index is 1.25. The van der Waals surface area contributed by atoms with E-state index in [0.717, 1.165) is 22.3 Å². The second-order valence-corrected chi connectivity index (χ2v) is 10.3. The van der Waals surface area contributed by atoms with E-state index in [0.29, 0.717) is 32.4 Å². The van der Waals surface area contributed by atoms with Crippen molar-refractivity contribution in [3.8, 4) is 11.1 Å². The lowest BCUT2D eigenvalue weighted by atomic mass is 9.93. The molecule has 1 saturated heterocycles. The summed E-state index contributed by atoms with van der Waals surface area (Å²) < 4.78 is 5.70. The van der Waals surface area contributed by atoms with Crippen LogP contribution in [0.3, 0.4) is 0 Å². The highest BCUT2D eigenvalue weighted by Gasteiger charge is 2.58. The number of fused-ring (bicyclic) bond motifs is 4. The van der Waals surface area contributed by atoms with Crippen molar-refractivity contribution in [2.45, 2.75) is 44.6 Å². The number of carbonyl (C=O) groups excluding carboxylic acids is 2. The van der Waals surface area contributed by atoms with Gasteiger partial charge < -0.3 is 20.1 Å². The molecule has 7 nitrogen and oxygen atoms in total. The van der Waals surface area contributed by atoms with Crippen molar-refractivity contribution in [1.82, 2.24) is 10.2 Å². The van der Waals surface area contributed by atoms with Gasteiger partial charge >= 0.3 is 12.1 Å². The number of nitrogens with one attached hydrogen (secondary N) is 1. The van der Waals surface area contributed by atoms with E-state index in [-0.39, 0.29) is 36.2 Å². The van der Waals surface area contributed by atoms with Gasteiger partial charge in [-0.05, 0) is 53.9 Å². The number of carbonyl (C=O) groups is 3. The number of aliphatic carboxylic acids is 1. The molecule has 2 aliphatic carbocycles. The fraction of sp³-hybridized carbons (Fsp3) is 0.464. The number of alkyl carbamates (subject to hydrolysis) is 1. The zero-order valence-corrected chi connectivity index (χ0v) is 20.2. The van der Waals surface area contributed by atoms with Crippen LogP contribution in [0.5, 0.6) is 0 Å². The number of benzene rings is 2. The van der Waals surface area contributed by atoms with Crippen molar-refractivity contribution in [2.24, 2.45) is 17.8 Å². The Labute approximate surface area is 205 Å². The Morgan fingerprint density at radius 3 is 2.29 bits per heavy atom. The molecule has 3 aliphatic rings. The molecule has 0 radical (unpaired) electrons. The molecule has 2 amide bonds. The number of rotatable bonds is 7. The van der Waals surface area contributed by atoms with E-state index < -0.39 is 17.6 Å². The summed E-state index contributed by atoms with van der Waals surface area (Å²) in [6, 6.07) is 16.3. The van der Waals surface area contributed by atoms with Gasteiger partial charge in [0.15, 0.2) is 0 Å². The number of piperidine rings is 1. The van der Waals surface area contributed by atoms with Gasteiger partial charge in [-0.3, -0.25) is 9.59 Å². The number of nitrogens with zero attached hydrogens (tertiary/aromatic N) is 1. The first-order chi connectivity index (χ1) is 16.8. The van der Waals surface area contributed by atoms with Gasteiger partial charge in [-0.2, -0.15) is 0 Å². The number of hydrogen-bond donors (Lipinski definition) is 2. The number of ether oxygens (including phenoxy) is 1. The maximum atomic E-state index is 13.5. The van der Waals surface area contributed by atoms with Gasteiger partial charge in [0.1, 0.15) is 12.1 Å². The standard InChI is InChI=1S/C28H32N2O5/c1-3-13-28(2,26(33)30-14-12-21-22(15-30)24(21)25(31)32)29-27(34)35-16-23-19-10-6-4-8-17(19)18-9-5-7-11-20(18)23/h4-11,21-24H,3,12-16H2,1-2H3,(H,29,34)(H,31,32)/t21-,22+,24?,28?/m1/s1. The average molecular weight is 477 g/mol. The zero-order chi connectivity index (χ0) is 24.7. The third-order valence-electron chi connectivity index (χ3n) is 8.01. The van der Waals surface area contributed by atoms with Gasteiger partial charge in [-0.1, -0.05) is 61.9 Å². The second-order valence-electron chi connectivity index (χ2n) is 10.3. The summed E-state index contributed by atoms with van der Waals surface area (Å²) in [7, 11) is 0. The van der Waals surface area contributed by atoms with Gasteiger partial charge in [0.2, 0.25) is 5.91 Å². The SMILES string of the molecule is CCCC(C)(NC(=O)OCC1c2ccccc2-c2ccccc21)C(=O)N1CC[C@H]2C(C(=O)O)[C@H]2C1. The summed E-state index contributed by atoms with van der Waals surface area (Å²) in [5.41, 5.74) is 3.48. The molecular formula is C28H32N2O5. The number of likely N-dealkylation sites (tertiary alicyclic amines) is 1. The highest BCUT2D eigenvalue weighted by Crippen LogP contribution is 2.52. The van der Waals surface area contributed by atoms with E-state index in [1.807, 2.05) is 31.2 Å². The molecule has 1 heterocycles. The minimum atomic E-state index is -1.10. The van der Waals surface area contributed by atoms with Crippen LogP contribution in [0.25, 0.3) is 11.1 Å². The minimum absolute atomic E-state index is 0.0190. The summed E-state index contributed by atoms with van der Waals surface area (Å²) in [6.07, 6.45) is 1.27. The third-order valence-corrected chi connectivity index (χ3v) is 8.01. The van der Waals surface area contributed by atoms with Crippen molar-refractivity contribution < 1.29 is 24.2 Å². The first kappa shape index (κ1) is 23.4. The summed E-state index contributed by atoms with van der Waals surface area (Å²) in [5.74, 6) is -1.15. The predicted molar refractivity (Wildman–Crippen MR) is 131 cm³/mol. The molecule has 0 aromatic heterocycles. The van der Waals surface area contributed by atoms with Gasteiger partial charge in [0.25, 0.3) is 0 Å². The molecule has 35 heavy (non-hydrogen) atoms. The normalized spacial score (nSPS) is 23.9. The Morgan fingerprint density at radius 1 is 1.06 bits per heavy atom. The topological polar surface area (TPSA) is 95.9 Å². The number of amides is 2. The Kier molecular flexibility index (Phi) is 6.03. The van der Waals surface area contributed by atoms with Gasteiger partial charge in [0.05, 0.1) is 5.92 Å². The highest BCUT2D eigenvalue weighted by molar-refractivity contribution is 5.90. The second kappa shape index (κ2) is 9.02. The fourth-order valence-electron chi connectivity index (χ4n) is 6.22. The van der Waals surface area contributed by atoms with Crippen molar-refractivity contribution in [2.75, 3.05) is 19.7 Å². The van der Waals surface area contributed by atoms with Crippen LogP contribution in [0.4, 0.5) is 4.79 Å². The lowest BCUT2D eigenvalue weighted by molar-refractivity contribution is -0.140. The average Bonchev–Trinajstić information content (AvgIpc) is 3.49. The third kappa shape index (κ3) is 4.17. The molecule has 7 heteroatoms. The molecule has 1 saturated carbocycles. The number of carboxylic acid groups (broad SMARTS) is 1. The molecule has 4 atom stereocenters. The summed E-state index contributed by atoms with van der Waals surface area (Å²) in [4.78, 5) is 39.5. The molecule has 2 N–H and O–H groups in total. The molecular weight excluding hydrogens is 444 g/mol. The summed E-state index contributed by atoms with van der Waals surface area (Å²) in [6.45, 7) is 4.86. The van der Waals surface area contributed by atoms with Crippen LogP contribution in [0.1, 0.15) is 50.2 Å². The molecule has 5 rings (SSSR count). The monoisotopic (exact) mass is 476 g/mol. The lowest BCUT2D eigenvalue weighted by Gasteiger charge is -2.36. The van der Waals surface area contributed by atoms with Crippen LogP contribution >= 0.6 is 0 Å². The van der Waals surface area contributed by atoms with E-state index in [9.17, 15) is 19.5 Å². The smallest absolute Gasteiger partial charge is 0.408 e. The zero-order valence-electron chi connectivity index (χ0n) is 20.2. The van der Waals surface area contributed by atoms with Gasteiger partial charge in [0, 0.05) is 19.0 Å². The van der Waals surface area contributed by atoms with Crippen LogP contribution in [0, 0.1) is 17.8 Å². The Bertz CT molecular complexity index is 1120. The molecule has 1 aliphatic heterocycles. The van der Waals surface area contributed by atoms with Crippen molar-refractivity contribution >= 4 is 18.0 Å². The van der Waals surface area contributed by atoms with Gasteiger partial charge in [-0.15, -0.1) is 0 Å². The maximum Gasteiger partial charge on any atom is 0.408 e. The van der Waals surface area contributed by atoms with E-state index in [1.165, 1.54) is 0 Å². The molecule has 2 aromatic rings. The maximum absolute atomic E-state index is 13.5. The summed E-state index contributed by atoms with van der Waals surface area (Å²) in [5, 5.41) is 12.2.